The first kappa shape index (κ1) is 58.3. The van der Waals surface area contributed by atoms with Gasteiger partial charge in [0.15, 0.2) is 0 Å². The Kier molecular flexibility index (Phi) is 12.4. The van der Waals surface area contributed by atoms with Crippen molar-refractivity contribution in [2.24, 2.45) is 0 Å². The molecule has 0 aliphatic heterocycles. The number of hydrogen-bond donors (Lipinski definition) is 0. The zero-order valence-electron chi connectivity index (χ0n) is 57.1. The fraction of sp³-hybridized carbons (Fsp3) is 0.102. The zero-order valence-corrected chi connectivity index (χ0v) is 57.1. The molecule has 100 heavy (non-hydrogen) atoms. The molecule has 20 rings (SSSR count). The van der Waals surface area contributed by atoms with Crippen molar-refractivity contribution in [2.75, 3.05) is 9.80 Å². The third-order valence-corrected chi connectivity index (χ3v) is 23.6. The number of fused-ring (bicyclic) bond motifs is 21. The van der Waals surface area contributed by atoms with Crippen molar-refractivity contribution in [1.29, 1.82) is 0 Å². The number of anilines is 6. The molecule has 2 nitrogen and oxygen atoms in total. The molecule has 0 fully saturated rings. The SMILES string of the molecule is CC1(C)c2ccccc2-c2ccc(N(c3ccc(-c4cccc(-c5ccc6c(c5)-c5ccccc5C65c6ccccc6-c6c(N(c7cccc(-c8ccccc8)c7)c7cccc8c7C(C)(C)c7ccccc7-8)cccc65)c4)cc3)c3ccc4c(c3)C(C)(C)c3ccc5ccccc5c3-4)cc21. The van der Waals surface area contributed by atoms with Gasteiger partial charge in [-0.2, -0.15) is 0 Å². The molecular formula is C98H72N2. The van der Waals surface area contributed by atoms with Gasteiger partial charge in [-0.05, 0) is 223 Å². The quantitative estimate of drug-likeness (QED) is 0.142. The second kappa shape index (κ2) is 21.3. The summed E-state index contributed by atoms with van der Waals surface area (Å²) in [7, 11) is 0. The van der Waals surface area contributed by atoms with Gasteiger partial charge in [-0.1, -0.05) is 296 Å². The molecule has 5 aliphatic rings. The first-order valence-electron chi connectivity index (χ1n) is 35.5. The van der Waals surface area contributed by atoms with E-state index >= 15 is 0 Å². The number of rotatable bonds is 9. The molecule has 0 radical (unpaired) electrons. The highest BCUT2D eigenvalue weighted by atomic mass is 15.2. The van der Waals surface area contributed by atoms with E-state index in [-0.39, 0.29) is 16.2 Å². The van der Waals surface area contributed by atoms with Gasteiger partial charge in [-0.15, -0.1) is 0 Å². The monoisotopic (exact) mass is 1280 g/mol. The van der Waals surface area contributed by atoms with Gasteiger partial charge in [0.1, 0.15) is 0 Å². The van der Waals surface area contributed by atoms with Crippen molar-refractivity contribution in [3.8, 4) is 89.0 Å². The molecule has 0 saturated carbocycles. The maximum Gasteiger partial charge on any atom is 0.0726 e. The fourth-order valence-corrected chi connectivity index (χ4v) is 19.0. The van der Waals surface area contributed by atoms with Crippen molar-refractivity contribution in [2.45, 2.75) is 63.2 Å². The summed E-state index contributed by atoms with van der Waals surface area (Å²) in [5.41, 5.74) is 39.3. The molecule has 15 aromatic rings. The highest BCUT2D eigenvalue weighted by Crippen LogP contribution is 2.66. The third kappa shape index (κ3) is 8.13. The lowest BCUT2D eigenvalue weighted by Gasteiger charge is -2.34. The Labute approximate surface area is 586 Å². The van der Waals surface area contributed by atoms with Crippen molar-refractivity contribution in [3.63, 3.8) is 0 Å². The lowest BCUT2D eigenvalue weighted by Crippen LogP contribution is -2.26. The van der Waals surface area contributed by atoms with Gasteiger partial charge in [0.2, 0.25) is 0 Å². The Bertz CT molecular complexity index is 5960. The molecule has 1 atom stereocenters. The fourth-order valence-electron chi connectivity index (χ4n) is 19.0. The van der Waals surface area contributed by atoms with Crippen LogP contribution in [0.15, 0.2) is 328 Å². The predicted molar refractivity (Wildman–Crippen MR) is 419 cm³/mol. The summed E-state index contributed by atoms with van der Waals surface area (Å²) in [6, 6.07) is 124. The highest BCUT2D eigenvalue weighted by Gasteiger charge is 2.53. The molecule has 474 valence electrons. The summed E-state index contributed by atoms with van der Waals surface area (Å²) in [5.74, 6) is 0. The van der Waals surface area contributed by atoms with Crippen molar-refractivity contribution in [3.05, 3.63) is 383 Å². The van der Waals surface area contributed by atoms with Crippen LogP contribution in [0, 0.1) is 0 Å². The van der Waals surface area contributed by atoms with E-state index in [0.29, 0.717) is 0 Å². The van der Waals surface area contributed by atoms with Crippen LogP contribution in [-0.4, -0.2) is 0 Å². The Balaban J connectivity index is 0.696. The van der Waals surface area contributed by atoms with Crippen molar-refractivity contribution in [1.82, 2.24) is 0 Å². The molecule has 0 amide bonds. The molecular weight excluding hydrogens is 1210 g/mol. The average Bonchev–Trinajstić information content (AvgIpc) is 1.50. The topological polar surface area (TPSA) is 6.48 Å². The minimum Gasteiger partial charge on any atom is -0.310 e. The van der Waals surface area contributed by atoms with Gasteiger partial charge in [-0.25, -0.2) is 0 Å². The largest absolute Gasteiger partial charge is 0.310 e. The van der Waals surface area contributed by atoms with Crippen LogP contribution in [0.5, 0.6) is 0 Å². The lowest BCUT2D eigenvalue weighted by atomic mass is 9.70. The first-order chi connectivity index (χ1) is 48.9. The summed E-state index contributed by atoms with van der Waals surface area (Å²) in [4.78, 5) is 5.08. The normalized spacial score (nSPS) is 15.8. The number of nitrogens with zero attached hydrogens (tertiary/aromatic N) is 2. The molecule has 0 saturated heterocycles. The summed E-state index contributed by atoms with van der Waals surface area (Å²) in [5, 5.41) is 2.59. The van der Waals surface area contributed by atoms with Crippen LogP contribution < -0.4 is 9.80 Å². The highest BCUT2D eigenvalue weighted by molar-refractivity contribution is 6.05. The standard InChI is InChI=1S/C98H72N2/c1-95(2)81-37-16-12-32-73(81)76-52-50-70(59-88(76)95)99(71-51-53-79-89(60-71)96(3,4)86-55-46-63-26-10-11-31-72(63)92(79)86)68-48-44-62(45-49-68)64-27-20-28-65(56-64)67-47-54-85-80(58-67)75-34-14-18-39-83(75)98(85)84-40-19-15-35-78(84)93-87(98)41-23-42-90(93)100(69-30-21-29-66(57-69)61-24-8-7-9-25-61)91-43-22-36-77-74-33-13-17-38-82(74)97(5,6)94(77)91/h7-60H,1-6H3. The zero-order chi connectivity index (χ0) is 67.0. The van der Waals surface area contributed by atoms with Crippen LogP contribution in [0.4, 0.5) is 34.1 Å². The molecule has 5 aliphatic carbocycles. The maximum atomic E-state index is 2.60. The van der Waals surface area contributed by atoms with E-state index in [1.165, 1.54) is 167 Å². The van der Waals surface area contributed by atoms with Crippen LogP contribution >= 0.6 is 0 Å². The summed E-state index contributed by atoms with van der Waals surface area (Å²) >= 11 is 0. The van der Waals surface area contributed by atoms with Crippen LogP contribution in [0.25, 0.3) is 99.8 Å². The van der Waals surface area contributed by atoms with E-state index in [1.54, 1.807) is 0 Å². The predicted octanol–water partition coefficient (Wildman–Crippen LogP) is 26.0. The van der Waals surface area contributed by atoms with E-state index in [9.17, 15) is 0 Å². The lowest BCUT2D eigenvalue weighted by molar-refractivity contribution is 0.660. The van der Waals surface area contributed by atoms with Crippen LogP contribution in [0.1, 0.15) is 97.2 Å². The van der Waals surface area contributed by atoms with Crippen molar-refractivity contribution < 1.29 is 0 Å². The summed E-state index contributed by atoms with van der Waals surface area (Å²) < 4.78 is 0. The van der Waals surface area contributed by atoms with Crippen molar-refractivity contribution >= 4 is 44.9 Å². The second-order valence-corrected chi connectivity index (χ2v) is 29.9. The molecule has 1 unspecified atom stereocenters. The molecule has 0 heterocycles. The van der Waals surface area contributed by atoms with Gasteiger partial charge in [0, 0.05) is 44.6 Å². The average molecular weight is 1280 g/mol. The van der Waals surface area contributed by atoms with E-state index in [1.807, 2.05) is 0 Å². The maximum absolute atomic E-state index is 2.60. The molecule has 15 aromatic carbocycles. The first-order valence-corrected chi connectivity index (χ1v) is 35.5. The van der Waals surface area contributed by atoms with E-state index in [0.717, 1.165) is 22.7 Å². The van der Waals surface area contributed by atoms with E-state index < -0.39 is 5.41 Å². The third-order valence-electron chi connectivity index (χ3n) is 23.6. The molecule has 1 spiro atoms. The minimum atomic E-state index is -0.577. The smallest absolute Gasteiger partial charge is 0.0726 e. The van der Waals surface area contributed by atoms with E-state index in [2.05, 4.69) is 379 Å². The number of benzene rings is 15. The molecule has 2 heteroatoms. The number of hydrogen-bond acceptors (Lipinski definition) is 2. The second-order valence-electron chi connectivity index (χ2n) is 29.9. The molecule has 0 bridgehead atoms. The van der Waals surface area contributed by atoms with Gasteiger partial charge in [0.05, 0.1) is 16.8 Å². The van der Waals surface area contributed by atoms with Gasteiger partial charge >= 0.3 is 0 Å². The van der Waals surface area contributed by atoms with E-state index in [4.69, 9.17) is 0 Å². The van der Waals surface area contributed by atoms with Gasteiger partial charge in [0.25, 0.3) is 0 Å². The summed E-state index contributed by atoms with van der Waals surface area (Å²) in [6.07, 6.45) is 0. The Morgan fingerprint density at radius 2 is 0.650 bits per heavy atom. The molecule has 0 aromatic heterocycles. The minimum absolute atomic E-state index is 0.151. The Hall–Kier alpha value is -11.8. The molecule has 0 N–H and O–H groups in total. The van der Waals surface area contributed by atoms with Crippen LogP contribution in [-0.2, 0) is 21.7 Å². The van der Waals surface area contributed by atoms with Crippen LogP contribution in [0.3, 0.4) is 0 Å². The Morgan fingerprint density at radius 3 is 1.40 bits per heavy atom. The Morgan fingerprint density at radius 1 is 0.210 bits per heavy atom. The van der Waals surface area contributed by atoms with Gasteiger partial charge < -0.3 is 9.80 Å². The summed E-state index contributed by atoms with van der Waals surface area (Å²) in [6.45, 7) is 14.4. The van der Waals surface area contributed by atoms with Crippen LogP contribution in [0.2, 0.25) is 0 Å². The van der Waals surface area contributed by atoms with Gasteiger partial charge in [-0.3, -0.25) is 0 Å².